The fourth-order valence-electron chi connectivity index (χ4n) is 3.72. The van der Waals surface area contributed by atoms with Gasteiger partial charge in [0.1, 0.15) is 11.5 Å². The number of ketones is 1. The van der Waals surface area contributed by atoms with Crippen molar-refractivity contribution in [3.05, 3.63) is 54.1 Å². The van der Waals surface area contributed by atoms with Gasteiger partial charge < -0.3 is 14.7 Å². The van der Waals surface area contributed by atoms with Crippen LogP contribution in [0.3, 0.4) is 0 Å². The van der Waals surface area contributed by atoms with Gasteiger partial charge in [0.2, 0.25) is 0 Å². The van der Waals surface area contributed by atoms with Crippen molar-refractivity contribution in [1.82, 2.24) is 4.90 Å². The van der Waals surface area contributed by atoms with Crippen molar-refractivity contribution >= 4 is 11.5 Å². The third kappa shape index (κ3) is 5.49. The molecule has 1 heterocycles. The highest BCUT2D eigenvalue weighted by atomic mass is 16.5. The van der Waals surface area contributed by atoms with E-state index in [4.69, 9.17) is 4.74 Å². The summed E-state index contributed by atoms with van der Waals surface area (Å²) in [7, 11) is 1.72. The minimum absolute atomic E-state index is 0.112. The number of unbranched alkanes of at least 4 members (excludes halogenated alkanes) is 2. The van der Waals surface area contributed by atoms with E-state index in [1.165, 1.54) is 5.69 Å². The van der Waals surface area contributed by atoms with Crippen LogP contribution >= 0.6 is 0 Å². The number of piperazine rings is 1. The van der Waals surface area contributed by atoms with Crippen LogP contribution in [0.4, 0.5) is 5.69 Å². The van der Waals surface area contributed by atoms with Gasteiger partial charge in [0.15, 0.2) is 5.78 Å². The first-order chi connectivity index (χ1) is 13.7. The molecule has 0 spiro atoms. The van der Waals surface area contributed by atoms with Crippen molar-refractivity contribution in [3.8, 4) is 11.5 Å². The van der Waals surface area contributed by atoms with Crippen molar-refractivity contribution in [2.45, 2.75) is 25.7 Å². The van der Waals surface area contributed by atoms with E-state index in [1.54, 1.807) is 31.4 Å². The SMILES string of the molecule is COc1ccccc1N1CCN(CCCCCC(=O)c2cccc(O)c2)CC1. The van der Waals surface area contributed by atoms with Crippen molar-refractivity contribution in [3.63, 3.8) is 0 Å². The Morgan fingerprint density at radius 3 is 2.54 bits per heavy atom. The standard InChI is InChI=1S/C23H30N2O3/c1-28-23-12-5-4-10-21(23)25-16-14-24(15-17-25)13-6-2-3-11-22(27)19-8-7-9-20(26)18-19/h4-5,7-10,12,18,26H,2-3,6,11,13-17H2,1H3. The molecule has 1 aliphatic heterocycles. The molecule has 5 nitrogen and oxygen atoms in total. The highest BCUT2D eigenvalue weighted by molar-refractivity contribution is 5.96. The Labute approximate surface area is 167 Å². The number of Topliss-reactive ketones (excluding diaryl/α,β-unsaturated/α-hetero) is 1. The van der Waals surface area contributed by atoms with Crippen LogP contribution in [0, 0.1) is 0 Å². The van der Waals surface area contributed by atoms with Gasteiger partial charge in [-0.25, -0.2) is 0 Å². The molecule has 1 N–H and O–H groups in total. The zero-order valence-electron chi connectivity index (χ0n) is 16.6. The van der Waals surface area contributed by atoms with Gasteiger partial charge in [0.25, 0.3) is 0 Å². The Morgan fingerprint density at radius 2 is 1.79 bits per heavy atom. The van der Waals surface area contributed by atoms with Gasteiger partial charge >= 0.3 is 0 Å². The van der Waals surface area contributed by atoms with Crippen LogP contribution in [-0.4, -0.2) is 55.6 Å². The number of anilines is 1. The monoisotopic (exact) mass is 382 g/mol. The first-order valence-corrected chi connectivity index (χ1v) is 10.1. The number of hydrogen-bond donors (Lipinski definition) is 1. The minimum atomic E-state index is 0.112. The second kappa shape index (κ2) is 10.1. The summed E-state index contributed by atoms with van der Waals surface area (Å²) in [5.41, 5.74) is 1.78. The molecule has 1 fully saturated rings. The molecule has 0 radical (unpaired) electrons. The maximum atomic E-state index is 12.1. The van der Waals surface area contributed by atoms with Gasteiger partial charge in [-0.2, -0.15) is 0 Å². The Hall–Kier alpha value is -2.53. The number of phenols is 1. The highest BCUT2D eigenvalue weighted by Gasteiger charge is 2.19. The maximum Gasteiger partial charge on any atom is 0.163 e. The van der Waals surface area contributed by atoms with Crippen LogP contribution in [0.25, 0.3) is 0 Å². The molecule has 0 saturated carbocycles. The van der Waals surface area contributed by atoms with Crippen molar-refractivity contribution in [2.24, 2.45) is 0 Å². The number of benzene rings is 2. The normalized spacial score (nSPS) is 14.8. The Morgan fingerprint density at radius 1 is 1.00 bits per heavy atom. The zero-order chi connectivity index (χ0) is 19.8. The molecule has 0 amide bonds. The van der Waals surface area contributed by atoms with Crippen molar-refractivity contribution in [1.29, 1.82) is 0 Å². The first kappa shape index (κ1) is 20.2. The maximum absolute atomic E-state index is 12.1. The molecule has 28 heavy (non-hydrogen) atoms. The fraction of sp³-hybridized carbons (Fsp3) is 0.435. The molecule has 1 saturated heterocycles. The van der Waals surface area contributed by atoms with Crippen molar-refractivity contribution < 1.29 is 14.6 Å². The summed E-state index contributed by atoms with van der Waals surface area (Å²) in [6, 6.07) is 14.8. The number of rotatable bonds is 9. The van der Waals surface area contributed by atoms with E-state index in [-0.39, 0.29) is 11.5 Å². The third-order valence-electron chi connectivity index (χ3n) is 5.34. The summed E-state index contributed by atoms with van der Waals surface area (Å²) in [5.74, 6) is 1.20. The second-order valence-electron chi connectivity index (χ2n) is 7.28. The lowest BCUT2D eigenvalue weighted by atomic mass is 10.0. The molecular formula is C23H30N2O3. The molecule has 5 heteroatoms. The number of nitrogens with zero attached hydrogens (tertiary/aromatic N) is 2. The summed E-state index contributed by atoms with van der Waals surface area (Å²) in [4.78, 5) is 17.0. The predicted octanol–water partition coefficient (Wildman–Crippen LogP) is 3.97. The molecule has 1 aliphatic rings. The number of carbonyl (C=O) groups is 1. The van der Waals surface area contributed by atoms with Gasteiger partial charge in [-0.15, -0.1) is 0 Å². The summed E-state index contributed by atoms with van der Waals surface area (Å²) in [5, 5.41) is 9.47. The van der Waals surface area contributed by atoms with Crippen LogP contribution in [-0.2, 0) is 0 Å². The van der Waals surface area contributed by atoms with Gasteiger partial charge in [0.05, 0.1) is 12.8 Å². The first-order valence-electron chi connectivity index (χ1n) is 10.1. The lowest BCUT2D eigenvalue weighted by Crippen LogP contribution is -2.46. The molecule has 2 aromatic carbocycles. The Bertz CT molecular complexity index is 770. The van der Waals surface area contributed by atoms with E-state index in [9.17, 15) is 9.90 Å². The van der Waals surface area contributed by atoms with Crippen LogP contribution in [0.5, 0.6) is 11.5 Å². The van der Waals surface area contributed by atoms with E-state index in [0.29, 0.717) is 12.0 Å². The highest BCUT2D eigenvalue weighted by Crippen LogP contribution is 2.28. The topological polar surface area (TPSA) is 53.0 Å². The summed E-state index contributed by atoms with van der Waals surface area (Å²) >= 11 is 0. The molecule has 2 aromatic rings. The van der Waals surface area contributed by atoms with E-state index in [2.05, 4.69) is 21.9 Å². The van der Waals surface area contributed by atoms with E-state index >= 15 is 0 Å². The van der Waals surface area contributed by atoms with E-state index < -0.39 is 0 Å². The number of para-hydroxylation sites is 2. The predicted molar refractivity (Wildman–Crippen MR) is 113 cm³/mol. The van der Waals surface area contributed by atoms with Gasteiger partial charge in [-0.05, 0) is 43.7 Å². The van der Waals surface area contributed by atoms with Gasteiger partial charge in [-0.3, -0.25) is 9.69 Å². The van der Waals surface area contributed by atoms with E-state index in [1.807, 2.05) is 12.1 Å². The molecule has 3 rings (SSSR count). The molecular weight excluding hydrogens is 352 g/mol. The third-order valence-corrected chi connectivity index (χ3v) is 5.34. The Balaban J connectivity index is 1.33. The molecule has 0 aromatic heterocycles. The van der Waals surface area contributed by atoms with Gasteiger partial charge in [0, 0.05) is 38.2 Å². The number of hydrogen-bond acceptors (Lipinski definition) is 5. The molecule has 0 unspecified atom stereocenters. The summed E-state index contributed by atoms with van der Waals surface area (Å²) < 4.78 is 5.48. The number of methoxy groups -OCH3 is 1. The van der Waals surface area contributed by atoms with Crippen LogP contribution in [0.1, 0.15) is 36.0 Å². The summed E-state index contributed by atoms with van der Waals surface area (Å²) in [6.07, 6.45) is 3.61. The second-order valence-corrected chi connectivity index (χ2v) is 7.28. The molecule has 0 atom stereocenters. The number of aromatic hydroxyl groups is 1. The summed E-state index contributed by atoms with van der Waals surface area (Å²) in [6.45, 7) is 5.22. The van der Waals surface area contributed by atoms with Crippen molar-refractivity contribution in [2.75, 3.05) is 44.7 Å². The average Bonchev–Trinajstić information content (AvgIpc) is 2.74. The smallest absolute Gasteiger partial charge is 0.163 e. The number of carbonyl (C=O) groups excluding carboxylic acids is 1. The van der Waals surface area contributed by atoms with Crippen LogP contribution in [0.15, 0.2) is 48.5 Å². The molecule has 0 aliphatic carbocycles. The number of ether oxygens (including phenoxy) is 1. The lowest BCUT2D eigenvalue weighted by Gasteiger charge is -2.36. The minimum Gasteiger partial charge on any atom is -0.508 e. The lowest BCUT2D eigenvalue weighted by molar-refractivity contribution is 0.0978. The molecule has 150 valence electrons. The zero-order valence-corrected chi connectivity index (χ0v) is 16.6. The number of phenolic OH excluding ortho intramolecular Hbond substituents is 1. The van der Waals surface area contributed by atoms with Gasteiger partial charge in [-0.1, -0.05) is 30.7 Å². The largest absolute Gasteiger partial charge is 0.508 e. The Kier molecular flexibility index (Phi) is 7.31. The quantitative estimate of drug-likeness (QED) is 0.525. The van der Waals surface area contributed by atoms with E-state index in [0.717, 1.165) is 57.7 Å². The van der Waals surface area contributed by atoms with Crippen LogP contribution in [0.2, 0.25) is 0 Å². The fourth-order valence-corrected chi connectivity index (χ4v) is 3.72. The van der Waals surface area contributed by atoms with Crippen LogP contribution < -0.4 is 9.64 Å². The average molecular weight is 383 g/mol. The molecule has 0 bridgehead atoms.